The highest BCUT2D eigenvalue weighted by Crippen LogP contribution is 2.20. The van der Waals surface area contributed by atoms with Crippen LogP contribution in [0, 0.1) is 11.8 Å². The first-order chi connectivity index (χ1) is 7.28. The van der Waals surface area contributed by atoms with Crippen LogP contribution in [0.2, 0.25) is 0 Å². The van der Waals surface area contributed by atoms with Crippen molar-refractivity contribution in [2.75, 3.05) is 26.8 Å². The van der Waals surface area contributed by atoms with Crippen LogP contribution in [-0.2, 0) is 4.74 Å². The lowest BCUT2D eigenvalue weighted by Gasteiger charge is -2.21. The molecule has 0 aliphatic carbocycles. The summed E-state index contributed by atoms with van der Waals surface area (Å²) < 4.78 is 5.02. The predicted molar refractivity (Wildman–Crippen MR) is 67.2 cm³/mol. The molecule has 1 atom stereocenters. The average Bonchev–Trinajstić information content (AvgIpc) is 2.28. The quantitative estimate of drug-likeness (QED) is 0.565. The molecule has 0 spiro atoms. The van der Waals surface area contributed by atoms with Gasteiger partial charge in [-0.3, -0.25) is 0 Å². The fourth-order valence-electron chi connectivity index (χ4n) is 1.97. The van der Waals surface area contributed by atoms with Gasteiger partial charge in [-0.25, -0.2) is 0 Å². The average molecular weight is 215 g/mol. The molecule has 2 nitrogen and oxygen atoms in total. The van der Waals surface area contributed by atoms with Crippen molar-refractivity contribution in [3.05, 3.63) is 0 Å². The lowest BCUT2D eigenvalue weighted by atomic mass is 9.89. The summed E-state index contributed by atoms with van der Waals surface area (Å²) in [5, 5.41) is 3.47. The third kappa shape index (κ3) is 7.80. The van der Waals surface area contributed by atoms with Gasteiger partial charge in [-0.2, -0.15) is 0 Å². The maximum Gasteiger partial charge on any atom is 0.0587 e. The Kier molecular flexibility index (Phi) is 10.4. The van der Waals surface area contributed by atoms with Crippen LogP contribution in [0.4, 0.5) is 0 Å². The monoisotopic (exact) mass is 215 g/mol. The Hall–Kier alpha value is -0.0800. The Balaban J connectivity index is 3.61. The maximum atomic E-state index is 5.02. The van der Waals surface area contributed by atoms with E-state index in [4.69, 9.17) is 4.74 Å². The van der Waals surface area contributed by atoms with Gasteiger partial charge >= 0.3 is 0 Å². The van der Waals surface area contributed by atoms with E-state index in [1.54, 1.807) is 7.11 Å². The summed E-state index contributed by atoms with van der Waals surface area (Å²) in [5.74, 6) is 1.76. The number of rotatable bonds is 10. The normalized spacial score (nSPS) is 13.4. The second-order valence-electron chi connectivity index (χ2n) is 4.39. The van der Waals surface area contributed by atoms with Crippen molar-refractivity contribution in [2.24, 2.45) is 11.8 Å². The topological polar surface area (TPSA) is 21.3 Å². The van der Waals surface area contributed by atoms with Gasteiger partial charge in [0.15, 0.2) is 0 Å². The molecule has 0 aromatic rings. The van der Waals surface area contributed by atoms with Crippen molar-refractivity contribution in [2.45, 2.75) is 46.5 Å². The van der Waals surface area contributed by atoms with Crippen LogP contribution in [0.5, 0.6) is 0 Å². The largest absolute Gasteiger partial charge is 0.383 e. The van der Waals surface area contributed by atoms with E-state index in [1.807, 2.05) is 0 Å². The van der Waals surface area contributed by atoms with Gasteiger partial charge in [0.2, 0.25) is 0 Å². The molecule has 0 aromatic heterocycles. The zero-order chi connectivity index (χ0) is 11.5. The second-order valence-corrected chi connectivity index (χ2v) is 4.39. The molecule has 0 aromatic carbocycles. The van der Waals surface area contributed by atoms with Crippen molar-refractivity contribution in [3.63, 3.8) is 0 Å². The van der Waals surface area contributed by atoms with Crippen molar-refractivity contribution in [1.29, 1.82) is 0 Å². The molecule has 0 aliphatic rings. The fourth-order valence-corrected chi connectivity index (χ4v) is 1.97. The summed E-state index contributed by atoms with van der Waals surface area (Å²) in [7, 11) is 1.75. The fraction of sp³-hybridized carbons (Fsp3) is 1.00. The van der Waals surface area contributed by atoms with E-state index in [-0.39, 0.29) is 0 Å². The Morgan fingerprint density at radius 1 is 1.00 bits per heavy atom. The third-order valence-electron chi connectivity index (χ3n) is 3.31. The number of nitrogens with one attached hydrogen (secondary N) is 1. The molecular formula is C13H29NO. The number of methoxy groups -OCH3 is 1. The molecule has 0 aliphatic heterocycles. The molecule has 1 N–H and O–H groups in total. The molecule has 0 amide bonds. The molecule has 0 heterocycles. The molecule has 0 saturated heterocycles. The second kappa shape index (κ2) is 10.4. The van der Waals surface area contributed by atoms with E-state index in [9.17, 15) is 0 Å². The number of ether oxygens (including phenoxy) is 1. The van der Waals surface area contributed by atoms with Crippen LogP contribution < -0.4 is 5.32 Å². The molecule has 0 bridgehead atoms. The number of hydrogen-bond donors (Lipinski definition) is 1. The van der Waals surface area contributed by atoms with E-state index in [0.29, 0.717) is 0 Å². The Labute approximate surface area is 95.8 Å². The highest BCUT2D eigenvalue weighted by molar-refractivity contribution is 4.66. The van der Waals surface area contributed by atoms with Crippen LogP contribution in [0.3, 0.4) is 0 Å². The van der Waals surface area contributed by atoms with Gasteiger partial charge < -0.3 is 10.1 Å². The van der Waals surface area contributed by atoms with Crippen molar-refractivity contribution < 1.29 is 4.74 Å². The SMILES string of the molecule is CCC(CC)CC(CC)CNCCOC. The summed E-state index contributed by atoms with van der Waals surface area (Å²) in [6.45, 7) is 9.86. The van der Waals surface area contributed by atoms with E-state index >= 15 is 0 Å². The van der Waals surface area contributed by atoms with Crippen LogP contribution in [-0.4, -0.2) is 26.8 Å². The molecule has 0 fully saturated rings. The van der Waals surface area contributed by atoms with Gasteiger partial charge in [-0.1, -0.05) is 40.0 Å². The van der Waals surface area contributed by atoms with Gasteiger partial charge in [-0.15, -0.1) is 0 Å². The minimum atomic E-state index is 0.821. The van der Waals surface area contributed by atoms with Gasteiger partial charge in [-0.05, 0) is 24.8 Å². The minimum Gasteiger partial charge on any atom is -0.383 e. The zero-order valence-electron chi connectivity index (χ0n) is 11.0. The van der Waals surface area contributed by atoms with Gasteiger partial charge in [0, 0.05) is 13.7 Å². The summed E-state index contributed by atoms with van der Waals surface area (Å²) >= 11 is 0. The third-order valence-corrected chi connectivity index (χ3v) is 3.31. The van der Waals surface area contributed by atoms with Gasteiger partial charge in [0.05, 0.1) is 6.61 Å². The summed E-state index contributed by atoms with van der Waals surface area (Å²) in [6.07, 6.45) is 5.32. The van der Waals surface area contributed by atoms with Gasteiger partial charge in [0.25, 0.3) is 0 Å². The lowest BCUT2D eigenvalue weighted by Crippen LogP contribution is -2.27. The van der Waals surface area contributed by atoms with Crippen LogP contribution in [0.25, 0.3) is 0 Å². The van der Waals surface area contributed by atoms with E-state index in [0.717, 1.165) is 31.5 Å². The zero-order valence-corrected chi connectivity index (χ0v) is 11.0. The van der Waals surface area contributed by atoms with E-state index < -0.39 is 0 Å². The molecular weight excluding hydrogens is 186 g/mol. The Morgan fingerprint density at radius 3 is 2.07 bits per heavy atom. The summed E-state index contributed by atoms with van der Waals surface area (Å²) in [6, 6.07) is 0. The Bertz CT molecular complexity index is 124. The number of hydrogen-bond acceptors (Lipinski definition) is 2. The standard InChI is InChI=1S/C13H29NO/c1-5-12(6-2)10-13(7-3)11-14-8-9-15-4/h12-14H,5-11H2,1-4H3. The minimum absolute atomic E-state index is 0.821. The molecule has 2 heteroatoms. The van der Waals surface area contributed by atoms with Gasteiger partial charge in [0.1, 0.15) is 0 Å². The first-order valence-corrected chi connectivity index (χ1v) is 6.47. The van der Waals surface area contributed by atoms with Crippen molar-refractivity contribution in [3.8, 4) is 0 Å². The summed E-state index contributed by atoms with van der Waals surface area (Å²) in [4.78, 5) is 0. The Morgan fingerprint density at radius 2 is 1.60 bits per heavy atom. The lowest BCUT2D eigenvalue weighted by molar-refractivity contribution is 0.196. The molecule has 92 valence electrons. The molecule has 1 unspecified atom stereocenters. The molecule has 0 rings (SSSR count). The van der Waals surface area contributed by atoms with Crippen LogP contribution in [0.1, 0.15) is 46.5 Å². The van der Waals surface area contributed by atoms with Crippen LogP contribution >= 0.6 is 0 Å². The molecule has 15 heavy (non-hydrogen) atoms. The highest BCUT2D eigenvalue weighted by Gasteiger charge is 2.11. The first kappa shape index (κ1) is 14.9. The van der Waals surface area contributed by atoms with Crippen molar-refractivity contribution in [1.82, 2.24) is 5.32 Å². The first-order valence-electron chi connectivity index (χ1n) is 6.47. The summed E-state index contributed by atoms with van der Waals surface area (Å²) in [5.41, 5.74) is 0. The maximum absolute atomic E-state index is 5.02. The highest BCUT2D eigenvalue weighted by atomic mass is 16.5. The molecule has 0 saturated carbocycles. The van der Waals surface area contributed by atoms with E-state index in [1.165, 1.54) is 25.7 Å². The van der Waals surface area contributed by atoms with Crippen LogP contribution in [0.15, 0.2) is 0 Å². The smallest absolute Gasteiger partial charge is 0.0587 e. The molecule has 0 radical (unpaired) electrons. The van der Waals surface area contributed by atoms with Crippen molar-refractivity contribution >= 4 is 0 Å². The predicted octanol–water partition coefficient (Wildman–Crippen LogP) is 3.07. The van der Waals surface area contributed by atoms with E-state index in [2.05, 4.69) is 26.1 Å².